The van der Waals surface area contributed by atoms with E-state index in [-0.39, 0.29) is 16.8 Å². The lowest BCUT2D eigenvalue weighted by molar-refractivity contribution is -0.126. The molecule has 2 aromatic carbocycles. The summed E-state index contributed by atoms with van der Waals surface area (Å²) in [5.41, 5.74) is 1.93. The molecular weight excluding hydrogens is 388 g/mol. The number of piperidine rings is 1. The van der Waals surface area contributed by atoms with Crippen LogP contribution in [0.5, 0.6) is 5.75 Å². The normalized spacial score (nSPS) is 18.8. The minimum absolute atomic E-state index is 0.216. The van der Waals surface area contributed by atoms with E-state index in [1.807, 2.05) is 32.0 Å². The molecular formula is C22H28N2O4S. The molecule has 0 saturated carbocycles. The Balaban J connectivity index is 1.83. The minimum Gasteiger partial charge on any atom is -0.496 e. The van der Waals surface area contributed by atoms with E-state index in [0.717, 1.165) is 24.0 Å². The van der Waals surface area contributed by atoms with Gasteiger partial charge in [0.1, 0.15) is 11.8 Å². The summed E-state index contributed by atoms with van der Waals surface area (Å²) in [6, 6.07) is 13.1. The Morgan fingerprint density at radius 1 is 1.17 bits per heavy atom. The number of nitrogens with one attached hydrogen (secondary N) is 1. The molecule has 29 heavy (non-hydrogen) atoms. The van der Waals surface area contributed by atoms with Gasteiger partial charge in [0.15, 0.2) is 0 Å². The molecule has 1 heterocycles. The maximum absolute atomic E-state index is 13.1. The highest BCUT2D eigenvalue weighted by atomic mass is 32.2. The molecule has 1 aliphatic heterocycles. The number of nitrogens with zero attached hydrogens (tertiary/aromatic N) is 1. The molecule has 0 aromatic heterocycles. The first-order valence-electron chi connectivity index (χ1n) is 9.86. The molecule has 2 atom stereocenters. The average Bonchev–Trinajstić information content (AvgIpc) is 2.74. The highest BCUT2D eigenvalue weighted by Gasteiger charge is 2.38. The van der Waals surface area contributed by atoms with Crippen molar-refractivity contribution >= 4 is 15.9 Å². The lowest BCUT2D eigenvalue weighted by Gasteiger charge is -2.34. The Kier molecular flexibility index (Phi) is 6.59. The molecule has 1 fully saturated rings. The van der Waals surface area contributed by atoms with Crippen LogP contribution in [0, 0.1) is 6.92 Å². The van der Waals surface area contributed by atoms with Gasteiger partial charge in [-0.3, -0.25) is 4.79 Å². The van der Waals surface area contributed by atoms with Gasteiger partial charge < -0.3 is 10.1 Å². The van der Waals surface area contributed by atoms with Crippen molar-refractivity contribution in [1.29, 1.82) is 0 Å². The van der Waals surface area contributed by atoms with Crippen molar-refractivity contribution in [3.05, 3.63) is 59.7 Å². The lowest BCUT2D eigenvalue weighted by atomic mass is 10.0. The van der Waals surface area contributed by atoms with Gasteiger partial charge in [0.05, 0.1) is 18.0 Å². The number of methoxy groups -OCH3 is 1. The standard InChI is InChI=1S/C22H28N2O4S/c1-16-12-13-21(28-3)19(15-16)17(2)23-22(25)20-11-7-8-14-24(20)29(26,27)18-9-5-4-6-10-18/h4-6,9-10,12-13,15,17,20H,7-8,11,14H2,1-3H3,(H,23,25). The predicted octanol–water partition coefficient (Wildman–Crippen LogP) is 3.42. The summed E-state index contributed by atoms with van der Waals surface area (Å²) < 4.78 is 33.0. The van der Waals surface area contributed by atoms with Crippen molar-refractivity contribution in [3.63, 3.8) is 0 Å². The van der Waals surface area contributed by atoms with E-state index in [9.17, 15) is 13.2 Å². The van der Waals surface area contributed by atoms with Gasteiger partial charge >= 0.3 is 0 Å². The molecule has 156 valence electrons. The quantitative estimate of drug-likeness (QED) is 0.783. The van der Waals surface area contributed by atoms with Gasteiger partial charge in [0.25, 0.3) is 0 Å². The summed E-state index contributed by atoms with van der Waals surface area (Å²) in [6.45, 7) is 4.21. The SMILES string of the molecule is COc1ccc(C)cc1C(C)NC(=O)C1CCCCN1S(=O)(=O)c1ccccc1. The van der Waals surface area contributed by atoms with E-state index < -0.39 is 16.1 Å². The number of carbonyl (C=O) groups is 1. The molecule has 2 aromatic rings. The Morgan fingerprint density at radius 3 is 2.59 bits per heavy atom. The average molecular weight is 417 g/mol. The number of rotatable bonds is 6. The first-order chi connectivity index (χ1) is 13.8. The molecule has 1 amide bonds. The Bertz CT molecular complexity index is 960. The summed E-state index contributed by atoms with van der Waals surface area (Å²) in [4.78, 5) is 13.3. The van der Waals surface area contributed by atoms with Crippen LogP contribution >= 0.6 is 0 Å². The van der Waals surface area contributed by atoms with E-state index in [0.29, 0.717) is 18.7 Å². The van der Waals surface area contributed by atoms with Gasteiger partial charge in [0.2, 0.25) is 15.9 Å². The van der Waals surface area contributed by atoms with Crippen molar-refractivity contribution in [2.24, 2.45) is 0 Å². The molecule has 0 bridgehead atoms. The van der Waals surface area contributed by atoms with E-state index in [2.05, 4.69) is 5.32 Å². The highest BCUT2D eigenvalue weighted by molar-refractivity contribution is 7.89. The Hall–Kier alpha value is -2.38. The molecule has 0 spiro atoms. The molecule has 3 rings (SSSR count). The van der Waals surface area contributed by atoms with Crippen molar-refractivity contribution in [2.75, 3.05) is 13.7 Å². The first-order valence-corrected chi connectivity index (χ1v) is 11.3. The van der Waals surface area contributed by atoms with Crippen LogP contribution in [0.3, 0.4) is 0 Å². The van der Waals surface area contributed by atoms with E-state index in [1.165, 1.54) is 4.31 Å². The summed E-state index contributed by atoms with van der Waals surface area (Å²) in [7, 11) is -2.13. The topological polar surface area (TPSA) is 75.7 Å². The zero-order valence-electron chi connectivity index (χ0n) is 17.1. The number of ether oxygens (including phenoxy) is 1. The number of sulfonamides is 1. The van der Waals surface area contributed by atoms with Crippen LogP contribution in [0.2, 0.25) is 0 Å². The van der Waals surface area contributed by atoms with Gasteiger partial charge in [0, 0.05) is 12.1 Å². The molecule has 1 aliphatic rings. The summed E-state index contributed by atoms with van der Waals surface area (Å²) >= 11 is 0. The van der Waals surface area contributed by atoms with Crippen LogP contribution in [-0.4, -0.2) is 38.3 Å². The van der Waals surface area contributed by atoms with Crippen LogP contribution < -0.4 is 10.1 Å². The van der Waals surface area contributed by atoms with Crippen LogP contribution in [0.1, 0.15) is 43.4 Å². The number of amides is 1. The number of carbonyl (C=O) groups excluding carboxylic acids is 1. The third-order valence-corrected chi connectivity index (χ3v) is 7.24. The van der Waals surface area contributed by atoms with Crippen molar-refractivity contribution < 1.29 is 17.9 Å². The second-order valence-electron chi connectivity index (χ2n) is 7.42. The fraction of sp³-hybridized carbons (Fsp3) is 0.409. The molecule has 2 unspecified atom stereocenters. The predicted molar refractivity (Wildman–Crippen MR) is 112 cm³/mol. The molecule has 0 aliphatic carbocycles. The van der Waals surface area contributed by atoms with Crippen LogP contribution in [0.25, 0.3) is 0 Å². The second-order valence-corrected chi connectivity index (χ2v) is 9.31. The number of hydrogen-bond donors (Lipinski definition) is 1. The summed E-state index contributed by atoms with van der Waals surface area (Å²) in [5, 5.41) is 3.00. The van der Waals surface area contributed by atoms with Crippen LogP contribution in [0.15, 0.2) is 53.4 Å². The van der Waals surface area contributed by atoms with E-state index in [4.69, 9.17) is 4.74 Å². The summed E-state index contributed by atoms with van der Waals surface area (Å²) in [5.74, 6) is 0.418. The first kappa shape index (κ1) is 21.3. The molecule has 7 heteroatoms. The van der Waals surface area contributed by atoms with Gasteiger partial charge in [-0.05, 0) is 44.9 Å². The van der Waals surface area contributed by atoms with Crippen molar-refractivity contribution in [2.45, 2.75) is 50.1 Å². The van der Waals surface area contributed by atoms with Crippen molar-refractivity contribution in [1.82, 2.24) is 9.62 Å². The highest BCUT2D eigenvalue weighted by Crippen LogP contribution is 2.28. The van der Waals surface area contributed by atoms with Gasteiger partial charge in [-0.1, -0.05) is 42.3 Å². The molecule has 1 saturated heterocycles. The molecule has 6 nitrogen and oxygen atoms in total. The fourth-order valence-electron chi connectivity index (χ4n) is 3.76. The Morgan fingerprint density at radius 2 is 1.90 bits per heavy atom. The second kappa shape index (κ2) is 8.97. The van der Waals surface area contributed by atoms with Crippen LogP contribution in [0.4, 0.5) is 0 Å². The monoisotopic (exact) mass is 416 g/mol. The maximum atomic E-state index is 13.1. The third-order valence-electron chi connectivity index (χ3n) is 5.32. The Labute approximate surface area is 172 Å². The fourth-order valence-corrected chi connectivity index (χ4v) is 5.44. The molecule has 1 N–H and O–H groups in total. The van der Waals surface area contributed by atoms with Gasteiger partial charge in [-0.15, -0.1) is 0 Å². The third kappa shape index (κ3) is 4.62. The van der Waals surface area contributed by atoms with Crippen molar-refractivity contribution in [3.8, 4) is 5.75 Å². The lowest BCUT2D eigenvalue weighted by Crippen LogP contribution is -2.52. The minimum atomic E-state index is -3.73. The van der Waals surface area contributed by atoms with Gasteiger partial charge in [-0.25, -0.2) is 8.42 Å². The molecule has 0 radical (unpaired) electrons. The van der Waals surface area contributed by atoms with Gasteiger partial charge in [-0.2, -0.15) is 4.31 Å². The number of hydrogen-bond acceptors (Lipinski definition) is 4. The van der Waals surface area contributed by atoms with E-state index in [1.54, 1.807) is 37.4 Å². The zero-order valence-corrected chi connectivity index (χ0v) is 17.9. The largest absolute Gasteiger partial charge is 0.496 e. The maximum Gasteiger partial charge on any atom is 0.243 e. The zero-order chi connectivity index (χ0) is 21.0. The van der Waals surface area contributed by atoms with E-state index >= 15 is 0 Å². The summed E-state index contributed by atoms with van der Waals surface area (Å²) in [6.07, 6.45) is 2.08. The number of aryl methyl sites for hydroxylation is 1. The number of benzene rings is 2. The smallest absolute Gasteiger partial charge is 0.243 e. The van der Waals surface area contributed by atoms with Crippen LogP contribution in [-0.2, 0) is 14.8 Å².